The minimum atomic E-state index is -0.432. The highest BCUT2D eigenvalue weighted by molar-refractivity contribution is 5.97. The fraction of sp³-hybridized carbons (Fsp3) is 0.600. The zero-order valence-corrected chi connectivity index (χ0v) is 12.3. The average molecular weight is 277 g/mol. The maximum absolute atomic E-state index is 11.6. The van der Waals surface area contributed by atoms with Gasteiger partial charge < -0.3 is 15.8 Å². The molecular formula is C15H23N3O2. The van der Waals surface area contributed by atoms with E-state index in [0.29, 0.717) is 34.9 Å². The molecule has 5 nitrogen and oxygen atoms in total. The number of nitrogens with two attached hydrogens (primary N) is 1. The van der Waals surface area contributed by atoms with Crippen molar-refractivity contribution < 1.29 is 9.53 Å². The quantitative estimate of drug-likeness (QED) is 0.831. The summed E-state index contributed by atoms with van der Waals surface area (Å²) in [6.45, 7) is 4.53. The van der Waals surface area contributed by atoms with Crippen LogP contribution in [0.2, 0.25) is 0 Å². The zero-order valence-electron chi connectivity index (χ0n) is 12.3. The van der Waals surface area contributed by atoms with Crippen LogP contribution in [-0.4, -0.2) is 24.1 Å². The summed E-state index contributed by atoms with van der Waals surface area (Å²) in [7, 11) is 1.35. The molecule has 1 saturated carbocycles. The number of aromatic nitrogens is 1. The number of nitrogens with one attached hydrogen (secondary N) is 1. The first kappa shape index (κ1) is 14.6. The Bertz CT molecular complexity index is 490. The number of carbonyl (C=O) groups excluding carboxylic acids is 1. The average Bonchev–Trinajstić information content (AvgIpc) is 2.45. The van der Waals surface area contributed by atoms with Crippen molar-refractivity contribution in [2.45, 2.75) is 39.2 Å². The predicted molar refractivity (Wildman–Crippen MR) is 79.6 cm³/mol. The van der Waals surface area contributed by atoms with E-state index >= 15 is 0 Å². The Balaban J connectivity index is 2.19. The Morgan fingerprint density at radius 2 is 2.20 bits per heavy atom. The number of rotatable bonds is 3. The second-order valence-electron chi connectivity index (χ2n) is 5.63. The Morgan fingerprint density at radius 1 is 1.45 bits per heavy atom. The summed E-state index contributed by atoms with van der Waals surface area (Å²) in [5.41, 5.74) is 6.76. The van der Waals surface area contributed by atoms with Crippen molar-refractivity contribution in [3.8, 4) is 0 Å². The highest BCUT2D eigenvalue weighted by Gasteiger charge is 2.28. The first-order chi connectivity index (χ1) is 9.54. The predicted octanol–water partition coefficient (Wildman–Crippen LogP) is 2.69. The van der Waals surface area contributed by atoms with E-state index < -0.39 is 5.97 Å². The van der Waals surface area contributed by atoms with Crippen LogP contribution in [0.4, 0.5) is 11.5 Å². The molecule has 110 valence electrons. The first-order valence-electron chi connectivity index (χ1n) is 7.14. The minimum Gasteiger partial charge on any atom is -0.465 e. The normalized spacial score (nSPS) is 26.1. The van der Waals surface area contributed by atoms with E-state index in [4.69, 9.17) is 10.5 Å². The van der Waals surface area contributed by atoms with Gasteiger partial charge in [-0.05, 0) is 24.3 Å². The van der Waals surface area contributed by atoms with E-state index in [1.54, 1.807) is 12.3 Å². The largest absolute Gasteiger partial charge is 0.465 e. The van der Waals surface area contributed by atoms with Crippen LogP contribution in [0.15, 0.2) is 12.3 Å². The third-order valence-corrected chi connectivity index (χ3v) is 4.42. The Morgan fingerprint density at radius 3 is 2.90 bits per heavy atom. The number of esters is 1. The summed E-state index contributed by atoms with van der Waals surface area (Å²) in [6, 6.07) is 1.93. The molecule has 3 N–H and O–H groups in total. The molecule has 1 heterocycles. The van der Waals surface area contributed by atoms with Crippen LogP contribution in [0, 0.1) is 11.8 Å². The van der Waals surface area contributed by atoms with E-state index in [2.05, 4.69) is 24.1 Å². The standard InChI is InChI=1S/C15H23N3O2/c1-9-5-4-6-12(10(9)2)18-14-13(16)11(7-8-17-14)15(19)20-3/h7-10,12H,4-6,16H2,1-3H3,(H,17,18). The van der Waals surface area contributed by atoms with Gasteiger partial charge in [0.25, 0.3) is 0 Å². The summed E-state index contributed by atoms with van der Waals surface area (Å²) in [4.78, 5) is 15.9. The van der Waals surface area contributed by atoms with E-state index in [1.165, 1.54) is 20.0 Å². The van der Waals surface area contributed by atoms with Crippen molar-refractivity contribution in [2.24, 2.45) is 11.8 Å². The van der Waals surface area contributed by atoms with Gasteiger partial charge in [0.1, 0.15) is 5.82 Å². The van der Waals surface area contributed by atoms with Gasteiger partial charge in [-0.2, -0.15) is 0 Å². The summed E-state index contributed by atoms with van der Waals surface area (Å²) in [5, 5.41) is 3.40. The van der Waals surface area contributed by atoms with Crippen LogP contribution in [-0.2, 0) is 4.74 Å². The smallest absolute Gasteiger partial charge is 0.340 e. The Labute approximate surface area is 119 Å². The van der Waals surface area contributed by atoms with Gasteiger partial charge in [-0.15, -0.1) is 0 Å². The molecule has 1 fully saturated rings. The number of methoxy groups -OCH3 is 1. The van der Waals surface area contributed by atoms with E-state index in [1.807, 2.05) is 0 Å². The topological polar surface area (TPSA) is 77.2 Å². The number of hydrogen-bond acceptors (Lipinski definition) is 5. The molecule has 3 unspecified atom stereocenters. The maximum atomic E-state index is 11.6. The molecule has 1 aliphatic rings. The van der Waals surface area contributed by atoms with Crippen LogP contribution < -0.4 is 11.1 Å². The molecule has 5 heteroatoms. The molecule has 0 amide bonds. The van der Waals surface area contributed by atoms with Gasteiger partial charge in [0.15, 0.2) is 0 Å². The lowest BCUT2D eigenvalue weighted by molar-refractivity contribution is 0.0602. The van der Waals surface area contributed by atoms with Crippen molar-refractivity contribution in [3.05, 3.63) is 17.8 Å². The first-order valence-corrected chi connectivity index (χ1v) is 7.14. The lowest BCUT2D eigenvalue weighted by atomic mass is 9.78. The number of hydrogen-bond donors (Lipinski definition) is 2. The van der Waals surface area contributed by atoms with Gasteiger partial charge in [-0.1, -0.05) is 26.7 Å². The van der Waals surface area contributed by atoms with Crippen molar-refractivity contribution >= 4 is 17.5 Å². The van der Waals surface area contributed by atoms with Crippen LogP contribution in [0.25, 0.3) is 0 Å². The van der Waals surface area contributed by atoms with Gasteiger partial charge >= 0.3 is 5.97 Å². The molecule has 0 bridgehead atoms. The lowest BCUT2D eigenvalue weighted by Gasteiger charge is -2.35. The lowest BCUT2D eigenvalue weighted by Crippen LogP contribution is -2.35. The Hall–Kier alpha value is -1.78. The number of anilines is 2. The van der Waals surface area contributed by atoms with Crippen molar-refractivity contribution in [1.82, 2.24) is 4.98 Å². The second kappa shape index (κ2) is 6.11. The summed E-state index contributed by atoms with van der Waals surface area (Å²) < 4.78 is 4.73. The third-order valence-electron chi connectivity index (χ3n) is 4.42. The van der Waals surface area contributed by atoms with Gasteiger partial charge in [-0.25, -0.2) is 9.78 Å². The number of nitrogens with zero attached hydrogens (tertiary/aromatic N) is 1. The third kappa shape index (κ3) is 2.86. The molecule has 1 aromatic heterocycles. The van der Waals surface area contributed by atoms with Crippen molar-refractivity contribution in [1.29, 1.82) is 0 Å². The van der Waals surface area contributed by atoms with Gasteiger partial charge in [-0.3, -0.25) is 0 Å². The highest BCUT2D eigenvalue weighted by Crippen LogP contribution is 2.32. The van der Waals surface area contributed by atoms with Crippen LogP contribution in [0.1, 0.15) is 43.5 Å². The SMILES string of the molecule is COC(=O)c1ccnc(NC2CCCC(C)C2C)c1N. The fourth-order valence-electron chi connectivity index (χ4n) is 2.84. The zero-order chi connectivity index (χ0) is 14.7. The second-order valence-corrected chi connectivity index (χ2v) is 5.63. The molecule has 0 aliphatic heterocycles. The molecule has 2 rings (SSSR count). The molecule has 0 radical (unpaired) electrons. The molecule has 3 atom stereocenters. The van der Waals surface area contributed by atoms with Crippen LogP contribution in [0.5, 0.6) is 0 Å². The monoisotopic (exact) mass is 277 g/mol. The summed E-state index contributed by atoms with van der Waals surface area (Å²) >= 11 is 0. The van der Waals surface area contributed by atoms with E-state index in [-0.39, 0.29) is 0 Å². The van der Waals surface area contributed by atoms with Crippen molar-refractivity contribution in [3.63, 3.8) is 0 Å². The Kier molecular flexibility index (Phi) is 4.47. The molecule has 1 aromatic rings. The number of carbonyl (C=O) groups is 1. The van der Waals surface area contributed by atoms with E-state index in [0.717, 1.165) is 6.42 Å². The van der Waals surface area contributed by atoms with Gasteiger partial charge in [0, 0.05) is 12.2 Å². The van der Waals surface area contributed by atoms with Crippen LogP contribution in [0.3, 0.4) is 0 Å². The number of nitrogen functional groups attached to an aromatic ring is 1. The van der Waals surface area contributed by atoms with Crippen molar-refractivity contribution in [2.75, 3.05) is 18.2 Å². The molecule has 0 saturated heterocycles. The molecule has 0 aromatic carbocycles. The van der Waals surface area contributed by atoms with E-state index in [9.17, 15) is 4.79 Å². The molecule has 0 spiro atoms. The number of ether oxygens (including phenoxy) is 1. The number of pyridine rings is 1. The van der Waals surface area contributed by atoms with Gasteiger partial charge in [0.2, 0.25) is 0 Å². The van der Waals surface area contributed by atoms with Gasteiger partial charge in [0.05, 0.1) is 18.4 Å². The molecule has 1 aliphatic carbocycles. The summed E-state index contributed by atoms with van der Waals surface area (Å²) in [5.74, 6) is 1.40. The van der Waals surface area contributed by atoms with Crippen LogP contribution >= 0.6 is 0 Å². The maximum Gasteiger partial charge on any atom is 0.340 e. The highest BCUT2D eigenvalue weighted by atomic mass is 16.5. The minimum absolute atomic E-state index is 0.349. The summed E-state index contributed by atoms with van der Waals surface area (Å²) in [6.07, 6.45) is 5.17. The molecular weight excluding hydrogens is 254 g/mol. The fourth-order valence-corrected chi connectivity index (χ4v) is 2.84. The molecule has 20 heavy (non-hydrogen) atoms.